The lowest BCUT2D eigenvalue weighted by atomic mass is 9.85. The van der Waals surface area contributed by atoms with E-state index in [1.165, 1.54) is 17.0 Å². The summed E-state index contributed by atoms with van der Waals surface area (Å²) < 4.78 is 0. The monoisotopic (exact) mass is 351 g/mol. The molecule has 2 heterocycles. The molecule has 0 unspecified atom stereocenters. The molecular formula is C19H17N3O4. The lowest BCUT2D eigenvalue weighted by Gasteiger charge is -2.35. The van der Waals surface area contributed by atoms with E-state index in [4.69, 9.17) is 0 Å². The maximum absolute atomic E-state index is 13.3. The van der Waals surface area contributed by atoms with E-state index in [0.717, 1.165) is 19.3 Å². The van der Waals surface area contributed by atoms with Crippen molar-refractivity contribution in [1.29, 1.82) is 0 Å². The fourth-order valence-electron chi connectivity index (χ4n) is 5.17. The molecule has 0 aromatic heterocycles. The summed E-state index contributed by atoms with van der Waals surface area (Å²) in [5.41, 5.74) is -0.394. The van der Waals surface area contributed by atoms with Crippen LogP contribution in [0, 0.1) is 16.0 Å². The van der Waals surface area contributed by atoms with Crippen molar-refractivity contribution in [3.8, 4) is 0 Å². The first-order valence-corrected chi connectivity index (χ1v) is 8.78. The van der Waals surface area contributed by atoms with Crippen LogP contribution in [-0.2, 0) is 4.79 Å². The number of benzene rings is 2. The number of fused-ring (bicyclic) bond motifs is 6. The van der Waals surface area contributed by atoms with Crippen molar-refractivity contribution in [2.24, 2.45) is 5.92 Å². The number of anilines is 1. The van der Waals surface area contributed by atoms with Gasteiger partial charge in [-0.05, 0) is 44.2 Å². The second-order valence-electron chi connectivity index (χ2n) is 7.51. The Morgan fingerprint density at radius 1 is 1.12 bits per heavy atom. The van der Waals surface area contributed by atoms with Crippen LogP contribution in [0.3, 0.4) is 0 Å². The van der Waals surface area contributed by atoms with Crippen molar-refractivity contribution in [3.05, 3.63) is 46.5 Å². The molecule has 0 spiro atoms. The minimum atomic E-state index is -0.789. The van der Waals surface area contributed by atoms with Gasteiger partial charge >= 0.3 is 6.03 Å². The number of carbonyl (C=O) groups is 2. The van der Waals surface area contributed by atoms with Crippen LogP contribution in [0.5, 0.6) is 0 Å². The first kappa shape index (κ1) is 15.3. The summed E-state index contributed by atoms with van der Waals surface area (Å²) >= 11 is 0. The Hall–Kier alpha value is -2.96. The highest BCUT2D eigenvalue weighted by molar-refractivity contribution is 6.26. The Bertz CT molecular complexity index is 1000. The van der Waals surface area contributed by atoms with E-state index in [9.17, 15) is 19.7 Å². The van der Waals surface area contributed by atoms with Crippen LogP contribution in [0.4, 0.5) is 16.2 Å². The third kappa shape index (κ3) is 1.63. The van der Waals surface area contributed by atoms with Gasteiger partial charge in [-0.1, -0.05) is 18.2 Å². The molecule has 1 aliphatic carbocycles. The van der Waals surface area contributed by atoms with Gasteiger partial charge < -0.3 is 4.90 Å². The van der Waals surface area contributed by atoms with Crippen molar-refractivity contribution < 1.29 is 14.5 Å². The number of nitro groups is 1. The van der Waals surface area contributed by atoms with E-state index in [1.54, 1.807) is 29.2 Å². The predicted octanol–water partition coefficient (Wildman–Crippen LogP) is 3.46. The van der Waals surface area contributed by atoms with E-state index < -0.39 is 10.5 Å². The summed E-state index contributed by atoms with van der Waals surface area (Å²) in [5, 5.41) is 12.3. The van der Waals surface area contributed by atoms with Crippen LogP contribution < -0.4 is 4.90 Å². The summed E-state index contributed by atoms with van der Waals surface area (Å²) in [7, 11) is 0. The largest absolute Gasteiger partial charge is 0.332 e. The fraction of sp³-hybridized carbons (Fsp3) is 0.368. The molecule has 1 saturated carbocycles. The van der Waals surface area contributed by atoms with Gasteiger partial charge in [-0.2, -0.15) is 0 Å². The van der Waals surface area contributed by atoms with Crippen molar-refractivity contribution in [3.63, 3.8) is 0 Å². The molecule has 3 fully saturated rings. The lowest BCUT2D eigenvalue weighted by Crippen LogP contribution is -2.51. The molecule has 2 aliphatic heterocycles. The molecule has 0 N–H and O–H groups in total. The number of imide groups is 1. The third-order valence-corrected chi connectivity index (χ3v) is 6.41. The number of nitro benzene ring substituents is 1. The Balaban J connectivity index is 1.70. The molecule has 2 bridgehead atoms. The minimum absolute atomic E-state index is 0.0322. The maximum atomic E-state index is 13.3. The van der Waals surface area contributed by atoms with Crippen molar-refractivity contribution >= 4 is 34.1 Å². The zero-order valence-corrected chi connectivity index (χ0v) is 14.2. The molecule has 0 radical (unpaired) electrons. The molecule has 3 atom stereocenters. The summed E-state index contributed by atoms with van der Waals surface area (Å²) in [5.74, 6) is -0.0213. The van der Waals surface area contributed by atoms with Crippen LogP contribution in [0.1, 0.15) is 26.2 Å². The quantitative estimate of drug-likeness (QED) is 0.471. The number of carbonyl (C=O) groups excluding carboxylic acids is 2. The van der Waals surface area contributed by atoms with Gasteiger partial charge in [0.05, 0.1) is 16.0 Å². The summed E-state index contributed by atoms with van der Waals surface area (Å²) in [6.07, 6.45) is 2.79. The van der Waals surface area contributed by atoms with Crippen LogP contribution in [0.25, 0.3) is 10.8 Å². The van der Waals surface area contributed by atoms with Crippen molar-refractivity contribution in [2.45, 2.75) is 37.8 Å². The van der Waals surface area contributed by atoms with Gasteiger partial charge in [-0.3, -0.25) is 14.9 Å². The smallest absolute Gasteiger partial charge is 0.306 e. The van der Waals surface area contributed by atoms with Gasteiger partial charge in [0.25, 0.3) is 11.6 Å². The van der Waals surface area contributed by atoms with E-state index in [1.807, 2.05) is 6.92 Å². The van der Waals surface area contributed by atoms with Crippen LogP contribution in [0.2, 0.25) is 0 Å². The van der Waals surface area contributed by atoms with Gasteiger partial charge in [0, 0.05) is 17.5 Å². The standard InChI is InChI=1S/C19H17N3O4/c1-19-11-6-7-12(10-11)21(19)18(24)20(17(19)23)15-8-9-16(22(25)26)14-5-3-2-4-13(14)15/h2-5,8-9,11-12H,6-7,10H2,1H3/t11-,12+,19+/m1/s1. The number of urea groups is 1. The normalized spacial score (nSPS) is 29.7. The highest BCUT2D eigenvalue weighted by Crippen LogP contribution is 2.54. The average Bonchev–Trinajstić information content (AvgIpc) is 3.26. The Labute approximate surface area is 149 Å². The molecule has 7 nitrogen and oxygen atoms in total. The number of nitrogens with zero attached hydrogens (tertiary/aromatic N) is 3. The number of piperidine rings is 1. The Morgan fingerprint density at radius 3 is 2.54 bits per heavy atom. The highest BCUT2D eigenvalue weighted by Gasteiger charge is 2.67. The number of amides is 3. The second-order valence-corrected chi connectivity index (χ2v) is 7.51. The molecule has 5 rings (SSSR count). The number of hydrogen-bond donors (Lipinski definition) is 0. The molecule has 2 saturated heterocycles. The number of non-ortho nitro benzene ring substituents is 1. The van der Waals surface area contributed by atoms with Gasteiger partial charge in [0.1, 0.15) is 5.54 Å². The van der Waals surface area contributed by atoms with Crippen molar-refractivity contribution in [2.75, 3.05) is 4.90 Å². The summed E-state index contributed by atoms with van der Waals surface area (Å²) in [6.45, 7) is 1.87. The number of hydrogen-bond acceptors (Lipinski definition) is 4. The summed E-state index contributed by atoms with van der Waals surface area (Å²) in [4.78, 5) is 40.3. The summed E-state index contributed by atoms with van der Waals surface area (Å²) in [6, 6.07) is 9.55. The minimum Gasteiger partial charge on any atom is -0.306 e. The SMILES string of the molecule is C[C@]12C(=O)N(c3ccc([N+](=O)[O-])c4ccccc34)C(=O)N1[C@H]1CC[C@@H]2C1. The topological polar surface area (TPSA) is 83.8 Å². The first-order chi connectivity index (χ1) is 12.4. The molecular weight excluding hydrogens is 334 g/mol. The van der Waals surface area contributed by atoms with Crippen LogP contribution in [-0.4, -0.2) is 33.3 Å². The van der Waals surface area contributed by atoms with E-state index in [-0.39, 0.29) is 29.6 Å². The van der Waals surface area contributed by atoms with Gasteiger partial charge in [-0.25, -0.2) is 9.69 Å². The lowest BCUT2D eigenvalue weighted by molar-refractivity contribution is -0.383. The van der Waals surface area contributed by atoms with E-state index in [0.29, 0.717) is 16.5 Å². The van der Waals surface area contributed by atoms with E-state index >= 15 is 0 Å². The third-order valence-electron chi connectivity index (χ3n) is 6.41. The van der Waals surface area contributed by atoms with Crippen molar-refractivity contribution in [1.82, 2.24) is 4.90 Å². The van der Waals surface area contributed by atoms with Crippen LogP contribution >= 0.6 is 0 Å². The second kappa shape index (κ2) is 4.81. The zero-order valence-electron chi connectivity index (χ0n) is 14.2. The average molecular weight is 351 g/mol. The maximum Gasteiger partial charge on any atom is 0.332 e. The molecule has 26 heavy (non-hydrogen) atoms. The van der Waals surface area contributed by atoms with E-state index in [2.05, 4.69) is 0 Å². The molecule has 7 heteroatoms. The highest BCUT2D eigenvalue weighted by atomic mass is 16.6. The fourth-order valence-corrected chi connectivity index (χ4v) is 5.17. The van der Waals surface area contributed by atoms with Gasteiger partial charge in [-0.15, -0.1) is 0 Å². The zero-order chi connectivity index (χ0) is 18.2. The van der Waals surface area contributed by atoms with Gasteiger partial charge in [0.15, 0.2) is 0 Å². The molecule has 3 aliphatic rings. The predicted molar refractivity (Wildman–Crippen MR) is 94.9 cm³/mol. The first-order valence-electron chi connectivity index (χ1n) is 8.78. The Morgan fingerprint density at radius 2 is 1.85 bits per heavy atom. The molecule has 2 aromatic carbocycles. The number of rotatable bonds is 2. The van der Waals surface area contributed by atoms with Gasteiger partial charge in [0.2, 0.25) is 0 Å². The molecule has 2 aromatic rings. The van der Waals surface area contributed by atoms with Crippen LogP contribution in [0.15, 0.2) is 36.4 Å². The molecule has 132 valence electrons. The Kier molecular flexibility index (Phi) is 2.83. The molecule has 3 amide bonds.